The van der Waals surface area contributed by atoms with Crippen LogP contribution >= 0.6 is 0 Å². The second-order valence-corrected chi connectivity index (χ2v) is 3.20. The number of rotatable bonds is 8. The van der Waals surface area contributed by atoms with Gasteiger partial charge in [-0.3, -0.25) is 0 Å². The highest BCUT2D eigenvalue weighted by Gasteiger charge is 1.89. The van der Waals surface area contributed by atoms with Crippen molar-refractivity contribution in [1.82, 2.24) is 0 Å². The van der Waals surface area contributed by atoms with Crippen LogP contribution in [0.5, 0.6) is 0 Å². The second kappa shape index (κ2) is 13.5. The van der Waals surface area contributed by atoms with E-state index in [1.165, 1.54) is 44.9 Å². The minimum absolute atomic E-state index is 0. The average molecular weight is 174 g/mol. The van der Waals surface area contributed by atoms with Crippen LogP contribution in [0.2, 0.25) is 0 Å². The maximum Gasteiger partial charge on any atom is 0.0431 e. The summed E-state index contributed by atoms with van der Waals surface area (Å²) in [4.78, 5) is 0. The average Bonchev–Trinajstić information content (AvgIpc) is 2.03. The van der Waals surface area contributed by atoms with Crippen LogP contribution in [0.4, 0.5) is 0 Å². The van der Waals surface area contributed by atoms with E-state index in [0.29, 0.717) is 6.61 Å². The topological polar surface area (TPSA) is 20.2 Å². The molecule has 0 aromatic carbocycles. The molecule has 0 heterocycles. The smallest absolute Gasteiger partial charge is 0.0431 e. The first kappa shape index (κ1) is 14.5. The summed E-state index contributed by atoms with van der Waals surface area (Å²) in [7, 11) is 0. The van der Waals surface area contributed by atoms with Gasteiger partial charge in [-0.15, -0.1) is 0 Å². The summed E-state index contributed by atoms with van der Waals surface area (Å²) in [6.45, 7) is 2.61. The van der Waals surface area contributed by atoms with Gasteiger partial charge in [0, 0.05) is 6.61 Å². The van der Waals surface area contributed by atoms with Gasteiger partial charge in [0.2, 0.25) is 0 Å². The Morgan fingerprint density at radius 2 is 1.17 bits per heavy atom. The van der Waals surface area contributed by atoms with Crippen LogP contribution in [-0.2, 0) is 0 Å². The van der Waals surface area contributed by atoms with Crippen molar-refractivity contribution in [2.75, 3.05) is 6.61 Å². The lowest BCUT2D eigenvalue weighted by atomic mass is 10.1. The predicted molar refractivity (Wildman–Crippen MR) is 56.4 cm³/mol. The van der Waals surface area contributed by atoms with E-state index in [1.807, 2.05) is 0 Å². The lowest BCUT2D eigenvalue weighted by molar-refractivity contribution is 0.282. The largest absolute Gasteiger partial charge is 0.396 e. The van der Waals surface area contributed by atoms with Crippen molar-refractivity contribution in [2.24, 2.45) is 0 Å². The summed E-state index contributed by atoms with van der Waals surface area (Å²) >= 11 is 0. The molecular formula is C11H26O. The molecule has 0 aromatic heterocycles. The third kappa shape index (κ3) is 12.6. The minimum Gasteiger partial charge on any atom is -0.396 e. The molecule has 0 aliphatic heterocycles. The van der Waals surface area contributed by atoms with E-state index in [4.69, 9.17) is 5.11 Å². The van der Waals surface area contributed by atoms with Crippen molar-refractivity contribution in [3.05, 3.63) is 0 Å². The fourth-order valence-electron chi connectivity index (χ4n) is 1.25. The van der Waals surface area contributed by atoms with Crippen LogP contribution in [-0.4, -0.2) is 11.7 Å². The Balaban J connectivity index is 0. The Hall–Kier alpha value is -0.0400. The van der Waals surface area contributed by atoms with Crippen molar-refractivity contribution < 1.29 is 5.11 Å². The van der Waals surface area contributed by atoms with Gasteiger partial charge < -0.3 is 5.11 Å². The van der Waals surface area contributed by atoms with Crippen LogP contribution in [0.1, 0.15) is 65.7 Å². The molecule has 76 valence electrons. The molecule has 0 atom stereocenters. The molecule has 0 aliphatic carbocycles. The first-order chi connectivity index (χ1) is 5.41. The SMILES string of the molecule is C.CCCCCCCCCCO. The summed E-state index contributed by atoms with van der Waals surface area (Å²) in [6.07, 6.45) is 10.4. The number of hydrogen-bond donors (Lipinski definition) is 1. The summed E-state index contributed by atoms with van der Waals surface area (Å²) in [5, 5.41) is 8.51. The molecular weight excluding hydrogens is 148 g/mol. The summed E-state index contributed by atoms with van der Waals surface area (Å²) < 4.78 is 0. The summed E-state index contributed by atoms with van der Waals surface area (Å²) in [5.74, 6) is 0. The van der Waals surface area contributed by atoms with Crippen LogP contribution in [0.15, 0.2) is 0 Å². The quantitative estimate of drug-likeness (QED) is 0.556. The van der Waals surface area contributed by atoms with Crippen molar-refractivity contribution in [3.63, 3.8) is 0 Å². The van der Waals surface area contributed by atoms with E-state index in [9.17, 15) is 0 Å². The Labute approximate surface area is 78.2 Å². The van der Waals surface area contributed by atoms with Gasteiger partial charge in [-0.05, 0) is 6.42 Å². The molecule has 1 N–H and O–H groups in total. The van der Waals surface area contributed by atoms with Gasteiger partial charge in [-0.25, -0.2) is 0 Å². The van der Waals surface area contributed by atoms with Gasteiger partial charge in [0.25, 0.3) is 0 Å². The number of hydrogen-bond acceptors (Lipinski definition) is 1. The molecule has 12 heavy (non-hydrogen) atoms. The van der Waals surface area contributed by atoms with E-state index in [2.05, 4.69) is 6.92 Å². The highest BCUT2D eigenvalue weighted by Crippen LogP contribution is 2.07. The maximum absolute atomic E-state index is 8.51. The molecule has 1 nitrogen and oxygen atoms in total. The monoisotopic (exact) mass is 174 g/mol. The molecule has 0 rings (SSSR count). The third-order valence-electron chi connectivity index (χ3n) is 2.01. The molecule has 0 bridgehead atoms. The maximum atomic E-state index is 8.51. The van der Waals surface area contributed by atoms with Gasteiger partial charge in [0.15, 0.2) is 0 Å². The lowest BCUT2D eigenvalue weighted by Gasteiger charge is -1.98. The summed E-state index contributed by atoms with van der Waals surface area (Å²) in [5.41, 5.74) is 0. The van der Waals surface area contributed by atoms with E-state index < -0.39 is 0 Å². The zero-order chi connectivity index (χ0) is 8.36. The number of aliphatic hydroxyl groups excluding tert-OH is 1. The minimum atomic E-state index is 0. The molecule has 0 aromatic rings. The number of unbranched alkanes of at least 4 members (excludes halogenated alkanes) is 7. The standard InChI is InChI=1S/C10H22O.CH4/c1-2-3-4-5-6-7-8-9-10-11;/h11H,2-10H2,1H3;1H4. The van der Waals surface area contributed by atoms with E-state index in [1.54, 1.807) is 0 Å². The van der Waals surface area contributed by atoms with E-state index in [-0.39, 0.29) is 7.43 Å². The van der Waals surface area contributed by atoms with Gasteiger partial charge in [0.05, 0.1) is 0 Å². The molecule has 0 unspecified atom stereocenters. The Bertz CT molecular complexity index is 54.0. The van der Waals surface area contributed by atoms with E-state index in [0.717, 1.165) is 6.42 Å². The Kier molecular flexibility index (Phi) is 16.3. The van der Waals surface area contributed by atoms with Crippen LogP contribution in [0, 0.1) is 0 Å². The molecule has 0 fully saturated rings. The van der Waals surface area contributed by atoms with Gasteiger partial charge in [-0.2, -0.15) is 0 Å². The second-order valence-electron chi connectivity index (χ2n) is 3.20. The molecule has 0 radical (unpaired) electrons. The molecule has 0 spiro atoms. The van der Waals surface area contributed by atoms with E-state index >= 15 is 0 Å². The Morgan fingerprint density at radius 1 is 0.750 bits per heavy atom. The van der Waals surface area contributed by atoms with Gasteiger partial charge >= 0.3 is 0 Å². The van der Waals surface area contributed by atoms with Crippen molar-refractivity contribution in [2.45, 2.75) is 65.7 Å². The van der Waals surface area contributed by atoms with Crippen LogP contribution < -0.4 is 0 Å². The molecule has 0 amide bonds. The van der Waals surface area contributed by atoms with Crippen molar-refractivity contribution in [1.29, 1.82) is 0 Å². The molecule has 0 saturated heterocycles. The molecule has 0 saturated carbocycles. The molecule has 1 heteroatoms. The fraction of sp³-hybridized carbons (Fsp3) is 1.00. The first-order valence-electron chi connectivity index (χ1n) is 5.02. The highest BCUT2D eigenvalue weighted by atomic mass is 16.2. The normalized spacial score (nSPS) is 9.50. The van der Waals surface area contributed by atoms with Crippen molar-refractivity contribution >= 4 is 0 Å². The predicted octanol–water partition coefficient (Wildman–Crippen LogP) is 3.76. The third-order valence-corrected chi connectivity index (χ3v) is 2.01. The van der Waals surface area contributed by atoms with Crippen molar-refractivity contribution in [3.8, 4) is 0 Å². The summed E-state index contributed by atoms with van der Waals surface area (Å²) in [6, 6.07) is 0. The Morgan fingerprint density at radius 3 is 1.58 bits per heavy atom. The first-order valence-corrected chi connectivity index (χ1v) is 5.02. The van der Waals surface area contributed by atoms with Gasteiger partial charge in [0.1, 0.15) is 0 Å². The molecule has 0 aliphatic rings. The zero-order valence-electron chi connectivity index (χ0n) is 7.81. The number of aliphatic hydroxyl groups is 1. The van der Waals surface area contributed by atoms with Crippen LogP contribution in [0.25, 0.3) is 0 Å². The van der Waals surface area contributed by atoms with Crippen LogP contribution in [0.3, 0.4) is 0 Å². The van der Waals surface area contributed by atoms with Gasteiger partial charge in [-0.1, -0.05) is 59.3 Å². The lowest BCUT2D eigenvalue weighted by Crippen LogP contribution is -1.83. The fourth-order valence-corrected chi connectivity index (χ4v) is 1.25. The highest BCUT2D eigenvalue weighted by molar-refractivity contribution is 4.44. The zero-order valence-corrected chi connectivity index (χ0v) is 7.81.